The number of nitrogens with zero attached hydrogens (tertiary/aromatic N) is 1. The first-order valence-corrected chi connectivity index (χ1v) is 8.67. The number of rotatable bonds is 9. The number of guanidine groups is 1. The van der Waals surface area contributed by atoms with Crippen LogP contribution in [-0.4, -0.2) is 52.1 Å². The Balaban J connectivity index is 1.73. The van der Waals surface area contributed by atoms with E-state index < -0.39 is 0 Å². The molecule has 1 aliphatic heterocycles. The molecule has 0 saturated carbocycles. The van der Waals surface area contributed by atoms with Gasteiger partial charge >= 0.3 is 0 Å². The summed E-state index contributed by atoms with van der Waals surface area (Å²) in [6.45, 7) is 6.32. The molecule has 0 amide bonds. The molecule has 1 aromatic rings. The lowest BCUT2D eigenvalue weighted by atomic mass is 10.2. The first-order valence-electron chi connectivity index (χ1n) is 8.67. The number of benzene rings is 1. The average molecular weight is 335 g/mol. The maximum absolute atomic E-state index is 5.66. The van der Waals surface area contributed by atoms with Crippen LogP contribution < -0.4 is 15.4 Å². The van der Waals surface area contributed by atoms with E-state index in [2.05, 4.69) is 15.6 Å². The van der Waals surface area contributed by atoms with E-state index >= 15 is 0 Å². The minimum absolute atomic E-state index is 0.275. The van der Waals surface area contributed by atoms with Crippen molar-refractivity contribution in [1.82, 2.24) is 10.6 Å². The summed E-state index contributed by atoms with van der Waals surface area (Å²) in [5.74, 6) is 1.64. The molecule has 2 rings (SSSR count). The Morgan fingerprint density at radius 1 is 1.33 bits per heavy atom. The number of ether oxygens (including phenoxy) is 3. The molecule has 1 heterocycles. The zero-order chi connectivity index (χ0) is 17.0. The highest BCUT2D eigenvalue weighted by Crippen LogP contribution is 2.17. The molecule has 0 spiro atoms. The summed E-state index contributed by atoms with van der Waals surface area (Å²) in [5, 5.41) is 6.53. The van der Waals surface area contributed by atoms with Crippen molar-refractivity contribution in [2.45, 2.75) is 32.4 Å². The second-order valence-electron chi connectivity index (χ2n) is 5.64. The van der Waals surface area contributed by atoms with Gasteiger partial charge in [0.2, 0.25) is 0 Å². The Morgan fingerprint density at radius 3 is 2.96 bits per heavy atom. The molecule has 134 valence electrons. The van der Waals surface area contributed by atoms with Crippen LogP contribution in [0, 0.1) is 0 Å². The molecule has 6 nitrogen and oxygen atoms in total. The summed E-state index contributed by atoms with van der Waals surface area (Å²) in [5.41, 5.74) is 1.06. The van der Waals surface area contributed by atoms with E-state index in [1.165, 1.54) is 0 Å². The molecular weight excluding hydrogens is 306 g/mol. The summed E-state index contributed by atoms with van der Waals surface area (Å²) in [4.78, 5) is 4.60. The Bertz CT molecular complexity index is 502. The fourth-order valence-corrected chi connectivity index (χ4v) is 2.57. The van der Waals surface area contributed by atoms with Crippen LogP contribution >= 0.6 is 0 Å². The number of nitrogens with one attached hydrogen (secondary N) is 2. The van der Waals surface area contributed by atoms with E-state index in [4.69, 9.17) is 14.2 Å². The van der Waals surface area contributed by atoms with Crippen molar-refractivity contribution in [2.75, 3.05) is 40.0 Å². The number of aliphatic imine (C=N–C) groups is 1. The predicted molar refractivity (Wildman–Crippen MR) is 95.6 cm³/mol. The van der Waals surface area contributed by atoms with Crippen LogP contribution in [0.1, 0.15) is 25.3 Å². The summed E-state index contributed by atoms with van der Waals surface area (Å²) in [6, 6.07) is 7.92. The molecule has 2 N–H and O–H groups in total. The van der Waals surface area contributed by atoms with Crippen molar-refractivity contribution < 1.29 is 14.2 Å². The van der Waals surface area contributed by atoms with Crippen LogP contribution in [0.15, 0.2) is 29.3 Å². The lowest BCUT2D eigenvalue weighted by Gasteiger charge is -2.13. The van der Waals surface area contributed by atoms with E-state index in [-0.39, 0.29) is 6.10 Å². The Hall–Kier alpha value is -1.79. The maximum Gasteiger partial charge on any atom is 0.191 e. The maximum atomic E-state index is 5.66. The first kappa shape index (κ1) is 18.5. The molecule has 0 bridgehead atoms. The molecule has 0 radical (unpaired) electrons. The lowest BCUT2D eigenvalue weighted by molar-refractivity contribution is 0.0191. The standard InChI is InChI=1S/C18H29N3O3/c1-3-19-18(20-10-12-23-14-16-8-6-11-24-16)21-13-15-7-4-5-9-17(15)22-2/h4-5,7,9,16H,3,6,8,10-14H2,1-2H3,(H2,19,20,21). The first-order chi connectivity index (χ1) is 11.8. The lowest BCUT2D eigenvalue weighted by Crippen LogP contribution is -2.39. The van der Waals surface area contributed by atoms with Gasteiger partial charge in [-0.2, -0.15) is 0 Å². The van der Waals surface area contributed by atoms with Crippen LogP contribution in [0.5, 0.6) is 5.75 Å². The van der Waals surface area contributed by atoms with Gasteiger partial charge < -0.3 is 24.8 Å². The fourth-order valence-electron chi connectivity index (χ4n) is 2.57. The van der Waals surface area contributed by atoms with Gasteiger partial charge in [0.25, 0.3) is 0 Å². The summed E-state index contributed by atoms with van der Waals surface area (Å²) >= 11 is 0. The molecule has 1 unspecified atom stereocenters. The largest absolute Gasteiger partial charge is 0.496 e. The molecular formula is C18H29N3O3. The molecule has 6 heteroatoms. The zero-order valence-electron chi connectivity index (χ0n) is 14.7. The second-order valence-corrected chi connectivity index (χ2v) is 5.64. The summed E-state index contributed by atoms with van der Waals surface area (Å²) in [6.07, 6.45) is 2.53. The Morgan fingerprint density at radius 2 is 2.21 bits per heavy atom. The fraction of sp³-hybridized carbons (Fsp3) is 0.611. The van der Waals surface area contributed by atoms with E-state index in [0.29, 0.717) is 26.3 Å². The summed E-state index contributed by atoms with van der Waals surface area (Å²) in [7, 11) is 1.68. The summed E-state index contributed by atoms with van der Waals surface area (Å²) < 4.78 is 16.5. The molecule has 0 aromatic heterocycles. The molecule has 1 aromatic carbocycles. The van der Waals surface area contributed by atoms with Gasteiger partial charge in [-0.25, -0.2) is 4.99 Å². The van der Waals surface area contributed by atoms with Crippen LogP contribution in [0.25, 0.3) is 0 Å². The van der Waals surface area contributed by atoms with Gasteiger partial charge in [-0.3, -0.25) is 0 Å². The molecule has 24 heavy (non-hydrogen) atoms. The number of methoxy groups -OCH3 is 1. The average Bonchev–Trinajstić information content (AvgIpc) is 3.13. The number of hydrogen-bond acceptors (Lipinski definition) is 4. The van der Waals surface area contributed by atoms with Gasteiger partial charge in [0.1, 0.15) is 5.75 Å². The third-order valence-electron chi connectivity index (χ3n) is 3.81. The van der Waals surface area contributed by atoms with Crippen molar-refractivity contribution >= 4 is 5.96 Å². The van der Waals surface area contributed by atoms with Gasteiger partial charge in [0.15, 0.2) is 5.96 Å². The third kappa shape index (κ3) is 6.37. The van der Waals surface area contributed by atoms with Gasteiger partial charge in [-0.05, 0) is 25.8 Å². The van der Waals surface area contributed by atoms with Crippen molar-refractivity contribution in [3.05, 3.63) is 29.8 Å². The van der Waals surface area contributed by atoms with Gasteiger partial charge in [0, 0.05) is 25.3 Å². The smallest absolute Gasteiger partial charge is 0.191 e. The molecule has 0 aliphatic carbocycles. The minimum atomic E-state index is 0.275. The predicted octanol–water partition coefficient (Wildman–Crippen LogP) is 1.95. The van der Waals surface area contributed by atoms with Gasteiger partial charge in [0.05, 0.1) is 33.0 Å². The van der Waals surface area contributed by atoms with Crippen molar-refractivity contribution in [3.63, 3.8) is 0 Å². The van der Waals surface area contributed by atoms with E-state index in [0.717, 1.165) is 43.3 Å². The third-order valence-corrected chi connectivity index (χ3v) is 3.81. The molecule has 1 aliphatic rings. The molecule has 1 atom stereocenters. The number of hydrogen-bond donors (Lipinski definition) is 2. The van der Waals surface area contributed by atoms with Crippen molar-refractivity contribution in [1.29, 1.82) is 0 Å². The van der Waals surface area contributed by atoms with E-state index in [1.54, 1.807) is 7.11 Å². The van der Waals surface area contributed by atoms with Crippen LogP contribution in [-0.2, 0) is 16.0 Å². The molecule has 1 fully saturated rings. The minimum Gasteiger partial charge on any atom is -0.496 e. The highest BCUT2D eigenvalue weighted by atomic mass is 16.5. The van der Waals surface area contributed by atoms with Crippen LogP contribution in [0.3, 0.4) is 0 Å². The molecule has 1 saturated heterocycles. The number of para-hydroxylation sites is 1. The highest BCUT2D eigenvalue weighted by Gasteiger charge is 2.14. The van der Waals surface area contributed by atoms with Crippen molar-refractivity contribution in [3.8, 4) is 5.75 Å². The second kappa shape index (κ2) is 10.9. The van der Waals surface area contributed by atoms with E-state index in [1.807, 2.05) is 31.2 Å². The Kier molecular flexibility index (Phi) is 8.41. The topological polar surface area (TPSA) is 64.1 Å². The van der Waals surface area contributed by atoms with Gasteiger partial charge in [-0.1, -0.05) is 18.2 Å². The van der Waals surface area contributed by atoms with E-state index in [9.17, 15) is 0 Å². The van der Waals surface area contributed by atoms with Gasteiger partial charge in [-0.15, -0.1) is 0 Å². The van der Waals surface area contributed by atoms with Crippen LogP contribution in [0.4, 0.5) is 0 Å². The normalized spacial score (nSPS) is 17.8. The monoisotopic (exact) mass is 335 g/mol. The zero-order valence-corrected chi connectivity index (χ0v) is 14.7. The Labute approximate surface area is 144 Å². The highest BCUT2D eigenvalue weighted by molar-refractivity contribution is 5.79. The van der Waals surface area contributed by atoms with Crippen molar-refractivity contribution in [2.24, 2.45) is 4.99 Å². The quantitative estimate of drug-likeness (QED) is 0.410. The van der Waals surface area contributed by atoms with Crippen LogP contribution in [0.2, 0.25) is 0 Å². The SMILES string of the molecule is CCNC(=NCc1ccccc1OC)NCCOCC1CCCO1.